The fraction of sp³-hybridized carbons (Fsp3) is 0.484. The molecule has 0 radical (unpaired) electrons. The van der Waals surface area contributed by atoms with Gasteiger partial charge in [0.1, 0.15) is 18.7 Å². The predicted octanol–water partition coefficient (Wildman–Crippen LogP) is 5.32. The molecule has 3 N–H and O–H groups in total. The Morgan fingerprint density at radius 1 is 1.12 bits per heavy atom. The number of carbonyl (C=O) groups excluding carboxylic acids is 3. The standard InChI is InChI=1S/C31H40Cl3N5O4/c1-5-22-11-13-24-14-12-23(17-25(24)16-22)8-6-10-27(40)37-28(20(2)3)29(41)36-21(4)18-35-39-15-7-9-26(38-39)30(42)43-19-31(32,33)34/h6,8,11-14,16-18,20-21,26,28,38H,5,7,9-10,15,19H2,1-4H3,(H,36,41)(H,37,40)/b8-6+,35-18-. The molecule has 3 unspecified atom stereocenters. The number of halogens is 3. The lowest BCUT2D eigenvalue weighted by Crippen LogP contribution is -2.53. The molecule has 1 fully saturated rings. The highest BCUT2D eigenvalue weighted by atomic mass is 35.6. The van der Waals surface area contributed by atoms with Gasteiger partial charge in [0.15, 0.2) is 0 Å². The molecule has 234 valence electrons. The molecule has 0 spiro atoms. The number of nitrogens with one attached hydrogen (secondary N) is 3. The van der Waals surface area contributed by atoms with Gasteiger partial charge < -0.3 is 15.4 Å². The number of fused-ring (bicyclic) bond motifs is 1. The topological polar surface area (TPSA) is 112 Å². The van der Waals surface area contributed by atoms with Gasteiger partial charge in [-0.2, -0.15) is 5.10 Å². The molecule has 9 nitrogen and oxygen atoms in total. The minimum atomic E-state index is -1.68. The summed E-state index contributed by atoms with van der Waals surface area (Å²) >= 11 is 16.9. The molecule has 2 amide bonds. The van der Waals surface area contributed by atoms with E-state index in [2.05, 4.69) is 58.4 Å². The molecule has 1 saturated heterocycles. The lowest BCUT2D eigenvalue weighted by atomic mass is 10.0. The van der Waals surface area contributed by atoms with Crippen molar-refractivity contribution in [1.29, 1.82) is 0 Å². The Balaban J connectivity index is 1.49. The van der Waals surface area contributed by atoms with Crippen LogP contribution in [-0.2, 0) is 25.5 Å². The van der Waals surface area contributed by atoms with Gasteiger partial charge in [-0.15, -0.1) is 0 Å². The van der Waals surface area contributed by atoms with E-state index < -0.39 is 27.9 Å². The molecule has 43 heavy (non-hydrogen) atoms. The Bertz CT molecular complexity index is 1330. The van der Waals surface area contributed by atoms with E-state index in [0.29, 0.717) is 19.4 Å². The smallest absolute Gasteiger partial charge is 0.325 e. The molecule has 0 bridgehead atoms. The van der Waals surface area contributed by atoms with E-state index in [1.807, 2.05) is 26.0 Å². The van der Waals surface area contributed by atoms with Gasteiger partial charge in [-0.3, -0.25) is 14.4 Å². The fourth-order valence-corrected chi connectivity index (χ4v) is 4.67. The van der Waals surface area contributed by atoms with Gasteiger partial charge in [0.25, 0.3) is 0 Å². The SMILES string of the molecule is CCc1ccc2ccc(/C=C/CC(=O)NC(C(=O)NC(C)/C=N\N3CCCC(C(=O)OCC(Cl)(Cl)Cl)N3)C(C)C)cc2c1. The highest BCUT2D eigenvalue weighted by Crippen LogP contribution is 2.26. The summed E-state index contributed by atoms with van der Waals surface area (Å²) in [5.74, 6) is -1.23. The van der Waals surface area contributed by atoms with Crippen LogP contribution in [0.1, 0.15) is 58.1 Å². The number of amides is 2. The number of hydrogen-bond acceptors (Lipinski definition) is 7. The molecule has 1 aliphatic heterocycles. The summed E-state index contributed by atoms with van der Waals surface area (Å²) in [7, 11) is 0. The lowest BCUT2D eigenvalue weighted by molar-refractivity contribution is -0.149. The summed E-state index contributed by atoms with van der Waals surface area (Å²) in [5, 5.41) is 13.9. The second-order valence-electron chi connectivity index (χ2n) is 10.9. The van der Waals surface area contributed by atoms with Crippen LogP contribution in [0.2, 0.25) is 0 Å². The Hall–Kier alpha value is -2.85. The first-order chi connectivity index (χ1) is 20.3. The summed E-state index contributed by atoms with van der Waals surface area (Å²) in [6.45, 7) is 7.85. The largest absolute Gasteiger partial charge is 0.460 e. The van der Waals surface area contributed by atoms with Crippen LogP contribution in [-0.4, -0.2) is 64.2 Å². The third-order valence-corrected chi connectivity index (χ3v) is 7.17. The van der Waals surface area contributed by atoms with Crippen LogP contribution in [0.25, 0.3) is 16.8 Å². The number of hydrazone groups is 1. The number of alkyl halides is 3. The molecular formula is C31H40Cl3N5O4. The van der Waals surface area contributed by atoms with Crippen molar-refractivity contribution in [3.05, 3.63) is 53.6 Å². The van der Waals surface area contributed by atoms with Gasteiger partial charge in [0.2, 0.25) is 15.6 Å². The van der Waals surface area contributed by atoms with Crippen molar-refractivity contribution in [1.82, 2.24) is 21.2 Å². The summed E-state index contributed by atoms with van der Waals surface area (Å²) < 4.78 is 3.37. The molecule has 0 aromatic heterocycles. The number of aryl methyl sites for hydroxylation is 1. The van der Waals surface area contributed by atoms with Crippen LogP contribution in [0, 0.1) is 5.92 Å². The molecular weight excluding hydrogens is 613 g/mol. The van der Waals surface area contributed by atoms with E-state index in [1.54, 1.807) is 19.2 Å². The van der Waals surface area contributed by atoms with Crippen LogP contribution in [0.15, 0.2) is 47.6 Å². The maximum atomic E-state index is 13.0. The van der Waals surface area contributed by atoms with Crippen LogP contribution in [0.3, 0.4) is 0 Å². The Kier molecular flexibility index (Phi) is 13.1. The van der Waals surface area contributed by atoms with Crippen molar-refractivity contribution in [3.8, 4) is 0 Å². The van der Waals surface area contributed by atoms with Crippen molar-refractivity contribution in [2.24, 2.45) is 11.0 Å². The summed E-state index contributed by atoms with van der Waals surface area (Å²) in [4.78, 5) is 38.0. The number of ether oxygens (including phenoxy) is 1. The number of rotatable bonds is 12. The molecule has 0 aliphatic carbocycles. The molecule has 12 heteroatoms. The third kappa shape index (κ3) is 11.6. The van der Waals surface area contributed by atoms with Crippen LogP contribution in [0.4, 0.5) is 0 Å². The molecule has 2 aromatic carbocycles. The highest BCUT2D eigenvalue weighted by Gasteiger charge is 2.29. The molecule has 3 atom stereocenters. The van der Waals surface area contributed by atoms with Crippen molar-refractivity contribution in [2.45, 2.75) is 75.3 Å². The second kappa shape index (κ2) is 16.3. The highest BCUT2D eigenvalue weighted by molar-refractivity contribution is 6.67. The first-order valence-corrected chi connectivity index (χ1v) is 15.6. The Morgan fingerprint density at radius 2 is 1.86 bits per heavy atom. The summed E-state index contributed by atoms with van der Waals surface area (Å²) in [6.07, 6.45) is 7.62. The predicted molar refractivity (Wildman–Crippen MR) is 174 cm³/mol. The Morgan fingerprint density at radius 3 is 2.56 bits per heavy atom. The molecule has 1 aliphatic rings. The van der Waals surface area contributed by atoms with E-state index in [1.165, 1.54) is 16.1 Å². The van der Waals surface area contributed by atoms with Crippen LogP contribution >= 0.6 is 34.8 Å². The van der Waals surface area contributed by atoms with Gasteiger partial charge in [0, 0.05) is 12.6 Å². The van der Waals surface area contributed by atoms with Gasteiger partial charge in [-0.05, 0) is 60.1 Å². The van der Waals surface area contributed by atoms with Crippen molar-refractivity contribution in [3.63, 3.8) is 0 Å². The maximum absolute atomic E-state index is 13.0. The molecule has 0 saturated carbocycles. The minimum absolute atomic E-state index is 0.131. The van der Waals surface area contributed by atoms with E-state index in [-0.39, 0.29) is 30.8 Å². The Labute approximate surface area is 268 Å². The number of carbonyl (C=O) groups is 3. The van der Waals surface area contributed by atoms with Crippen molar-refractivity contribution < 1.29 is 19.1 Å². The van der Waals surface area contributed by atoms with Gasteiger partial charge in [-0.1, -0.05) is 98.1 Å². The van der Waals surface area contributed by atoms with Gasteiger partial charge in [-0.25, -0.2) is 10.5 Å². The number of benzene rings is 2. The van der Waals surface area contributed by atoms with Crippen LogP contribution in [0.5, 0.6) is 0 Å². The number of esters is 1. The first kappa shape index (κ1) is 34.6. The van der Waals surface area contributed by atoms with Gasteiger partial charge >= 0.3 is 5.97 Å². The fourth-order valence-electron chi connectivity index (χ4n) is 4.51. The maximum Gasteiger partial charge on any atom is 0.325 e. The zero-order chi connectivity index (χ0) is 31.6. The average molecular weight is 653 g/mol. The first-order valence-electron chi connectivity index (χ1n) is 14.4. The normalized spacial score (nSPS) is 17.4. The number of nitrogens with zero attached hydrogens (tertiary/aromatic N) is 2. The monoisotopic (exact) mass is 651 g/mol. The zero-order valence-electron chi connectivity index (χ0n) is 24.9. The quantitative estimate of drug-likeness (QED) is 0.163. The van der Waals surface area contributed by atoms with E-state index in [9.17, 15) is 14.4 Å². The summed E-state index contributed by atoms with van der Waals surface area (Å²) in [6, 6.07) is 10.9. The van der Waals surface area contributed by atoms with E-state index in [4.69, 9.17) is 39.5 Å². The van der Waals surface area contributed by atoms with E-state index in [0.717, 1.165) is 17.4 Å². The second-order valence-corrected chi connectivity index (χ2v) is 13.4. The van der Waals surface area contributed by atoms with Gasteiger partial charge in [0.05, 0.1) is 12.6 Å². The molecule has 1 heterocycles. The summed E-state index contributed by atoms with van der Waals surface area (Å²) in [5.41, 5.74) is 5.25. The third-order valence-electron chi connectivity index (χ3n) is 6.85. The lowest BCUT2D eigenvalue weighted by Gasteiger charge is -2.31. The average Bonchev–Trinajstić information content (AvgIpc) is 2.96. The van der Waals surface area contributed by atoms with Crippen molar-refractivity contribution >= 4 is 75.6 Å². The van der Waals surface area contributed by atoms with Crippen molar-refractivity contribution in [2.75, 3.05) is 13.2 Å². The number of hydrazine groups is 1. The minimum Gasteiger partial charge on any atom is -0.460 e. The molecule has 3 rings (SSSR count). The zero-order valence-corrected chi connectivity index (χ0v) is 27.2. The van der Waals surface area contributed by atoms with E-state index >= 15 is 0 Å². The van der Waals surface area contributed by atoms with Crippen LogP contribution < -0.4 is 16.1 Å². The number of hydrogen-bond donors (Lipinski definition) is 3. The molecule has 2 aromatic rings.